The number of hydrogen-bond donors (Lipinski definition) is 2. The normalized spacial score (nSPS) is 22.0. The van der Waals surface area contributed by atoms with E-state index in [-0.39, 0.29) is 11.5 Å². The third-order valence-electron chi connectivity index (χ3n) is 5.05. The minimum atomic E-state index is -0.442. The lowest BCUT2D eigenvalue weighted by atomic mass is 9.80. The molecule has 0 spiro atoms. The van der Waals surface area contributed by atoms with Crippen molar-refractivity contribution in [2.75, 3.05) is 26.2 Å². The molecule has 1 heterocycles. The summed E-state index contributed by atoms with van der Waals surface area (Å²) in [5.41, 5.74) is 5.63. The number of ether oxygens (including phenoxy) is 1. The van der Waals surface area contributed by atoms with Gasteiger partial charge in [0.2, 0.25) is 0 Å². The Labute approximate surface area is 146 Å². The van der Waals surface area contributed by atoms with Crippen molar-refractivity contribution in [3.8, 4) is 0 Å². The molecule has 0 unspecified atom stereocenters. The summed E-state index contributed by atoms with van der Waals surface area (Å²) in [6, 6.07) is 0. The van der Waals surface area contributed by atoms with Crippen LogP contribution in [0.15, 0.2) is 4.99 Å². The standard InChI is InChI=1S/C18H34N4O2/c1-17(2,3)24-16(23)22-10-8-18(4,9-11-22)13-21-15(19)20-12-14-6-5-7-14/h14H,5-13H2,1-4H3,(H3,19,20,21). The zero-order valence-corrected chi connectivity index (χ0v) is 15.7. The number of amides is 1. The van der Waals surface area contributed by atoms with Crippen LogP contribution in [0.1, 0.15) is 59.8 Å². The van der Waals surface area contributed by atoms with E-state index in [2.05, 4.69) is 17.2 Å². The SMILES string of the molecule is CC1(CN=C(N)NCC2CCC2)CCN(C(=O)OC(C)(C)C)CC1. The van der Waals surface area contributed by atoms with Gasteiger partial charge in [0.1, 0.15) is 5.60 Å². The second kappa shape index (κ2) is 7.62. The Hall–Kier alpha value is -1.46. The van der Waals surface area contributed by atoms with Crippen LogP contribution in [0, 0.1) is 11.3 Å². The van der Waals surface area contributed by atoms with Crippen molar-refractivity contribution in [3.05, 3.63) is 0 Å². The molecule has 1 saturated heterocycles. The molecule has 6 nitrogen and oxygen atoms in total. The monoisotopic (exact) mass is 338 g/mol. The van der Waals surface area contributed by atoms with Crippen LogP contribution in [0.2, 0.25) is 0 Å². The van der Waals surface area contributed by atoms with Crippen LogP contribution < -0.4 is 11.1 Å². The van der Waals surface area contributed by atoms with E-state index in [0.717, 1.165) is 38.4 Å². The van der Waals surface area contributed by atoms with Crippen LogP contribution in [0.25, 0.3) is 0 Å². The third-order valence-corrected chi connectivity index (χ3v) is 5.05. The molecule has 0 bridgehead atoms. The topological polar surface area (TPSA) is 80.0 Å². The molecular formula is C18H34N4O2. The number of rotatable bonds is 4. The molecule has 24 heavy (non-hydrogen) atoms. The van der Waals surface area contributed by atoms with Gasteiger partial charge < -0.3 is 20.7 Å². The Morgan fingerprint density at radius 3 is 2.46 bits per heavy atom. The minimum Gasteiger partial charge on any atom is -0.444 e. The highest BCUT2D eigenvalue weighted by Gasteiger charge is 2.33. The fourth-order valence-corrected chi connectivity index (χ4v) is 2.99. The van der Waals surface area contributed by atoms with E-state index in [1.54, 1.807) is 4.90 Å². The second-order valence-corrected chi connectivity index (χ2v) is 8.66. The summed E-state index contributed by atoms with van der Waals surface area (Å²) in [7, 11) is 0. The summed E-state index contributed by atoms with van der Waals surface area (Å²) in [4.78, 5) is 18.4. The van der Waals surface area contributed by atoms with Crippen LogP contribution in [0.4, 0.5) is 4.79 Å². The number of carbonyl (C=O) groups is 1. The predicted molar refractivity (Wildman–Crippen MR) is 97.0 cm³/mol. The van der Waals surface area contributed by atoms with Crippen LogP contribution in [-0.2, 0) is 4.74 Å². The first kappa shape index (κ1) is 18.9. The van der Waals surface area contributed by atoms with Crippen molar-refractivity contribution >= 4 is 12.1 Å². The van der Waals surface area contributed by atoms with Crippen LogP contribution >= 0.6 is 0 Å². The second-order valence-electron chi connectivity index (χ2n) is 8.66. The Morgan fingerprint density at radius 2 is 1.96 bits per heavy atom. The molecule has 138 valence electrons. The third kappa shape index (κ3) is 5.87. The number of guanidine groups is 1. The fourth-order valence-electron chi connectivity index (χ4n) is 2.99. The van der Waals surface area contributed by atoms with Gasteiger partial charge >= 0.3 is 6.09 Å². The summed E-state index contributed by atoms with van der Waals surface area (Å²) < 4.78 is 5.44. The van der Waals surface area contributed by atoms with Gasteiger partial charge in [-0.25, -0.2) is 4.79 Å². The van der Waals surface area contributed by atoms with Crippen LogP contribution in [0.5, 0.6) is 0 Å². The van der Waals surface area contributed by atoms with Gasteiger partial charge in [-0.05, 0) is 57.8 Å². The molecule has 3 N–H and O–H groups in total. The lowest BCUT2D eigenvalue weighted by Gasteiger charge is -2.39. The highest BCUT2D eigenvalue weighted by atomic mass is 16.6. The Kier molecular flexibility index (Phi) is 5.99. The van der Waals surface area contributed by atoms with Crippen molar-refractivity contribution in [1.29, 1.82) is 0 Å². The maximum atomic E-state index is 12.1. The largest absolute Gasteiger partial charge is 0.444 e. The summed E-state index contributed by atoms with van der Waals surface area (Å²) in [5, 5.41) is 3.24. The van der Waals surface area contributed by atoms with E-state index >= 15 is 0 Å². The fraction of sp³-hybridized carbons (Fsp3) is 0.889. The predicted octanol–water partition coefficient (Wildman–Crippen LogP) is 2.73. The molecule has 2 rings (SSSR count). The highest BCUT2D eigenvalue weighted by molar-refractivity contribution is 5.77. The summed E-state index contributed by atoms with van der Waals surface area (Å²) >= 11 is 0. The number of nitrogens with two attached hydrogens (primary N) is 1. The molecule has 2 aliphatic rings. The molecule has 0 aromatic carbocycles. The van der Waals surface area contributed by atoms with E-state index in [9.17, 15) is 4.79 Å². The van der Waals surface area contributed by atoms with E-state index < -0.39 is 5.60 Å². The first-order valence-electron chi connectivity index (χ1n) is 9.19. The molecule has 2 fully saturated rings. The van der Waals surface area contributed by atoms with Gasteiger partial charge in [-0.2, -0.15) is 0 Å². The first-order chi connectivity index (χ1) is 11.2. The van der Waals surface area contributed by atoms with Gasteiger partial charge in [0.15, 0.2) is 5.96 Å². The van der Waals surface area contributed by atoms with Crippen molar-refractivity contribution in [1.82, 2.24) is 10.2 Å². The molecule has 0 radical (unpaired) electrons. The Balaban J connectivity index is 1.73. The molecule has 6 heteroatoms. The Morgan fingerprint density at radius 1 is 1.33 bits per heavy atom. The molecule has 0 aromatic rings. The smallest absolute Gasteiger partial charge is 0.410 e. The molecule has 1 saturated carbocycles. The molecule has 0 aromatic heterocycles. The first-order valence-corrected chi connectivity index (χ1v) is 9.19. The van der Waals surface area contributed by atoms with Crippen molar-refractivity contribution in [2.45, 2.75) is 65.4 Å². The summed E-state index contributed by atoms with van der Waals surface area (Å²) in [6.07, 6.45) is 5.58. The van der Waals surface area contributed by atoms with E-state index in [1.807, 2.05) is 20.8 Å². The number of carbonyl (C=O) groups excluding carboxylic acids is 1. The van der Waals surface area contributed by atoms with Crippen molar-refractivity contribution in [2.24, 2.45) is 22.1 Å². The van der Waals surface area contributed by atoms with E-state index in [1.165, 1.54) is 19.3 Å². The average Bonchev–Trinajstić information content (AvgIpc) is 2.42. The zero-order valence-electron chi connectivity index (χ0n) is 15.7. The number of piperidine rings is 1. The number of nitrogens with one attached hydrogen (secondary N) is 1. The van der Waals surface area contributed by atoms with E-state index in [0.29, 0.717) is 12.5 Å². The average molecular weight is 338 g/mol. The maximum Gasteiger partial charge on any atom is 0.410 e. The van der Waals surface area contributed by atoms with Gasteiger partial charge in [-0.1, -0.05) is 13.3 Å². The highest BCUT2D eigenvalue weighted by Crippen LogP contribution is 2.31. The van der Waals surface area contributed by atoms with Gasteiger partial charge in [0.05, 0.1) is 0 Å². The number of hydrogen-bond acceptors (Lipinski definition) is 3. The van der Waals surface area contributed by atoms with Crippen LogP contribution in [0.3, 0.4) is 0 Å². The molecule has 1 aliphatic carbocycles. The molecular weight excluding hydrogens is 304 g/mol. The molecule has 1 aliphatic heterocycles. The summed E-state index contributed by atoms with van der Waals surface area (Å²) in [5.74, 6) is 1.32. The van der Waals surface area contributed by atoms with Crippen LogP contribution in [-0.4, -0.2) is 48.7 Å². The number of aliphatic imine (C=N–C) groups is 1. The van der Waals surface area contributed by atoms with E-state index in [4.69, 9.17) is 10.5 Å². The quantitative estimate of drug-likeness (QED) is 0.610. The Bertz CT molecular complexity index is 458. The van der Waals surface area contributed by atoms with Gasteiger partial charge in [-0.3, -0.25) is 4.99 Å². The molecule has 0 atom stereocenters. The minimum absolute atomic E-state index is 0.0985. The van der Waals surface area contributed by atoms with Gasteiger partial charge in [0.25, 0.3) is 0 Å². The lowest BCUT2D eigenvalue weighted by molar-refractivity contribution is 0.0127. The maximum absolute atomic E-state index is 12.1. The van der Waals surface area contributed by atoms with Gasteiger partial charge in [0, 0.05) is 26.2 Å². The number of likely N-dealkylation sites (tertiary alicyclic amines) is 1. The molecule has 1 amide bonds. The lowest BCUT2D eigenvalue weighted by Crippen LogP contribution is -2.45. The number of nitrogens with zero attached hydrogens (tertiary/aromatic N) is 2. The van der Waals surface area contributed by atoms with Gasteiger partial charge in [-0.15, -0.1) is 0 Å². The van der Waals surface area contributed by atoms with Crippen molar-refractivity contribution < 1.29 is 9.53 Å². The van der Waals surface area contributed by atoms with Crippen molar-refractivity contribution in [3.63, 3.8) is 0 Å². The summed E-state index contributed by atoms with van der Waals surface area (Å²) in [6.45, 7) is 11.0. The zero-order chi connectivity index (χ0) is 17.8.